The Kier molecular flexibility index (Phi) is 4.38. The molecule has 0 aliphatic carbocycles. The monoisotopic (exact) mass is 241 g/mol. The standard InChI is InChI=1S/C12H27N5/c1-15-6-8-17(9-7-15)14-12(10-13)4-3-5-16(2)11-12/h14H,3-11,13H2,1-2H3. The number of hydrazine groups is 1. The highest BCUT2D eigenvalue weighted by atomic mass is 15.6. The van der Waals surface area contributed by atoms with Crippen LogP contribution in [-0.4, -0.2) is 80.3 Å². The van der Waals surface area contributed by atoms with Crippen molar-refractivity contribution in [2.24, 2.45) is 5.73 Å². The average molecular weight is 241 g/mol. The van der Waals surface area contributed by atoms with Gasteiger partial charge in [0.15, 0.2) is 0 Å². The molecule has 1 unspecified atom stereocenters. The van der Waals surface area contributed by atoms with Crippen molar-refractivity contribution in [2.45, 2.75) is 18.4 Å². The third-order valence-corrected chi connectivity index (χ3v) is 4.06. The Labute approximate surface area is 105 Å². The summed E-state index contributed by atoms with van der Waals surface area (Å²) in [4.78, 5) is 4.76. The van der Waals surface area contributed by atoms with Crippen molar-refractivity contribution in [1.82, 2.24) is 20.2 Å². The molecule has 3 N–H and O–H groups in total. The highest BCUT2D eigenvalue weighted by Gasteiger charge is 2.34. The molecule has 0 spiro atoms. The molecule has 2 fully saturated rings. The van der Waals surface area contributed by atoms with Crippen LogP contribution in [0.3, 0.4) is 0 Å². The van der Waals surface area contributed by atoms with Crippen molar-refractivity contribution in [3.8, 4) is 0 Å². The molecule has 0 aromatic heterocycles. The minimum Gasteiger partial charge on any atom is -0.329 e. The van der Waals surface area contributed by atoms with Crippen LogP contribution in [0.25, 0.3) is 0 Å². The second kappa shape index (κ2) is 5.63. The molecule has 100 valence electrons. The highest BCUT2D eigenvalue weighted by molar-refractivity contribution is 4.94. The van der Waals surface area contributed by atoms with Crippen LogP contribution in [0.1, 0.15) is 12.8 Å². The summed E-state index contributed by atoms with van der Waals surface area (Å²) in [5, 5.41) is 2.37. The fourth-order valence-electron chi connectivity index (χ4n) is 2.92. The van der Waals surface area contributed by atoms with E-state index in [0.717, 1.165) is 39.3 Å². The van der Waals surface area contributed by atoms with Crippen LogP contribution >= 0.6 is 0 Å². The Balaban J connectivity index is 1.90. The maximum Gasteiger partial charge on any atom is 0.0574 e. The topological polar surface area (TPSA) is 47.8 Å². The van der Waals surface area contributed by atoms with Crippen LogP contribution in [0, 0.1) is 0 Å². The number of nitrogens with zero attached hydrogens (tertiary/aromatic N) is 3. The molecule has 2 aliphatic heterocycles. The van der Waals surface area contributed by atoms with Crippen molar-refractivity contribution >= 4 is 0 Å². The van der Waals surface area contributed by atoms with Gasteiger partial charge < -0.3 is 15.5 Å². The molecule has 0 saturated carbocycles. The molecule has 17 heavy (non-hydrogen) atoms. The summed E-state index contributed by atoms with van der Waals surface area (Å²) < 4.78 is 0. The normalized spacial score (nSPS) is 34.1. The lowest BCUT2D eigenvalue weighted by molar-refractivity contribution is 0.0235. The van der Waals surface area contributed by atoms with Gasteiger partial charge in [0, 0.05) is 39.3 Å². The Morgan fingerprint density at radius 1 is 1.06 bits per heavy atom. The van der Waals surface area contributed by atoms with Crippen LogP contribution in [-0.2, 0) is 0 Å². The van der Waals surface area contributed by atoms with Gasteiger partial charge in [-0.05, 0) is 33.5 Å². The molecular weight excluding hydrogens is 214 g/mol. The Morgan fingerprint density at radius 3 is 2.35 bits per heavy atom. The Hall–Kier alpha value is -0.200. The summed E-state index contributed by atoms with van der Waals surface area (Å²) in [7, 11) is 4.37. The lowest BCUT2D eigenvalue weighted by Crippen LogP contribution is -2.66. The van der Waals surface area contributed by atoms with Gasteiger partial charge in [0.25, 0.3) is 0 Å². The summed E-state index contributed by atoms with van der Waals surface area (Å²) in [6, 6.07) is 0. The molecule has 5 nitrogen and oxygen atoms in total. The fraction of sp³-hybridized carbons (Fsp3) is 1.00. The van der Waals surface area contributed by atoms with E-state index < -0.39 is 0 Å². The van der Waals surface area contributed by atoms with Crippen LogP contribution < -0.4 is 11.2 Å². The molecule has 0 bridgehead atoms. The van der Waals surface area contributed by atoms with Gasteiger partial charge in [-0.1, -0.05) is 0 Å². The number of nitrogens with two attached hydrogens (primary N) is 1. The average Bonchev–Trinajstić information content (AvgIpc) is 2.32. The second-order valence-corrected chi connectivity index (χ2v) is 5.73. The summed E-state index contributed by atoms with van der Waals surface area (Å²) in [6.45, 7) is 7.47. The Bertz CT molecular complexity index is 239. The van der Waals surface area contributed by atoms with Gasteiger partial charge in [-0.25, -0.2) is 10.4 Å². The molecule has 2 saturated heterocycles. The molecule has 0 radical (unpaired) electrons. The van der Waals surface area contributed by atoms with E-state index in [4.69, 9.17) is 5.73 Å². The smallest absolute Gasteiger partial charge is 0.0574 e. The zero-order chi connectivity index (χ0) is 12.3. The van der Waals surface area contributed by atoms with Crippen molar-refractivity contribution < 1.29 is 0 Å². The van der Waals surface area contributed by atoms with Gasteiger partial charge in [0.05, 0.1) is 5.54 Å². The van der Waals surface area contributed by atoms with Gasteiger partial charge in [-0.3, -0.25) is 0 Å². The zero-order valence-electron chi connectivity index (χ0n) is 11.3. The number of nitrogens with one attached hydrogen (secondary N) is 1. The molecular formula is C12H27N5. The van der Waals surface area contributed by atoms with Crippen molar-refractivity contribution in [3.63, 3.8) is 0 Å². The van der Waals surface area contributed by atoms with Gasteiger partial charge in [-0.2, -0.15) is 0 Å². The van der Waals surface area contributed by atoms with E-state index in [1.54, 1.807) is 0 Å². The van der Waals surface area contributed by atoms with Crippen molar-refractivity contribution in [1.29, 1.82) is 0 Å². The predicted octanol–water partition coefficient (Wildman–Crippen LogP) is -0.838. The van der Waals surface area contributed by atoms with Crippen LogP contribution in [0.5, 0.6) is 0 Å². The third kappa shape index (κ3) is 3.39. The number of rotatable bonds is 3. The van der Waals surface area contributed by atoms with Crippen LogP contribution in [0.15, 0.2) is 0 Å². The van der Waals surface area contributed by atoms with Gasteiger partial charge in [-0.15, -0.1) is 0 Å². The summed E-state index contributed by atoms with van der Waals surface area (Å²) in [5.74, 6) is 0. The first-order valence-electron chi connectivity index (χ1n) is 6.73. The molecule has 5 heteroatoms. The molecule has 2 rings (SSSR count). The largest absolute Gasteiger partial charge is 0.329 e. The Morgan fingerprint density at radius 2 is 1.76 bits per heavy atom. The van der Waals surface area contributed by atoms with Crippen LogP contribution in [0.2, 0.25) is 0 Å². The van der Waals surface area contributed by atoms with E-state index in [9.17, 15) is 0 Å². The minimum absolute atomic E-state index is 0.100. The molecule has 0 aromatic rings. The van der Waals surface area contributed by atoms with E-state index in [-0.39, 0.29) is 5.54 Å². The lowest BCUT2D eigenvalue weighted by Gasteiger charge is -2.46. The molecule has 0 amide bonds. The van der Waals surface area contributed by atoms with E-state index in [2.05, 4.69) is 34.3 Å². The molecule has 1 atom stereocenters. The molecule has 0 aromatic carbocycles. The van der Waals surface area contributed by atoms with E-state index in [0.29, 0.717) is 0 Å². The summed E-state index contributed by atoms with van der Waals surface area (Å²) in [5.41, 5.74) is 9.83. The van der Waals surface area contributed by atoms with Gasteiger partial charge >= 0.3 is 0 Å². The maximum absolute atomic E-state index is 6.02. The van der Waals surface area contributed by atoms with E-state index >= 15 is 0 Å². The number of hydrogen-bond acceptors (Lipinski definition) is 5. The van der Waals surface area contributed by atoms with Gasteiger partial charge in [0.1, 0.15) is 0 Å². The number of hydrogen-bond donors (Lipinski definition) is 2. The minimum atomic E-state index is 0.100. The zero-order valence-corrected chi connectivity index (χ0v) is 11.3. The van der Waals surface area contributed by atoms with Gasteiger partial charge in [0.2, 0.25) is 0 Å². The number of piperidine rings is 1. The van der Waals surface area contributed by atoms with Crippen molar-refractivity contribution in [3.05, 3.63) is 0 Å². The third-order valence-electron chi connectivity index (χ3n) is 4.06. The molecule has 2 aliphatic rings. The van der Waals surface area contributed by atoms with Crippen LogP contribution in [0.4, 0.5) is 0 Å². The first-order chi connectivity index (χ1) is 8.13. The quantitative estimate of drug-likeness (QED) is 0.675. The SMILES string of the molecule is CN1CCN(NC2(CN)CCCN(C)C2)CC1. The number of likely N-dealkylation sites (N-methyl/N-ethyl adjacent to an activating group) is 2. The predicted molar refractivity (Wildman–Crippen MR) is 70.7 cm³/mol. The first-order valence-corrected chi connectivity index (χ1v) is 6.73. The lowest BCUT2D eigenvalue weighted by atomic mass is 9.90. The summed E-state index contributed by atoms with van der Waals surface area (Å²) >= 11 is 0. The summed E-state index contributed by atoms with van der Waals surface area (Å²) in [6.07, 6.45) is 2.44. The first kappa shape index (κ1) is 13.2. The highest BCUT2D eigenvalue weighted by Crippen LogP contribution is 2.20. The molecule has 2 heterocycles. The van der Waals surface area contributed by atoms with E-state index in [1.807, 2.05) is 0 Å². The second-order valence-electron chi connectivity index (χ2n) is 5.73. The number of likely N-dealkylation sites (tertiary alicyclic amines) is 1. The fourth-order valence-corrected chi connectivity index (χ4v) is 2.92. The maximum atomic E-state index is 6.02. The van der Waals surface area contributed by atoms with E-state index in [1.165, 1.54) is 19.4 Å². The number of piperazine rings is 1. The van der Waals surface area contributed by atoms with Crippen molar-refractivity contribution in [2.75, 3.05) is 59.9 Å².